The van der Waals surface area contributed by atoms with E-state index in [1.54, 1.807) is 0 Å². The Balaban J connectivity index is 1.72. The van der Waals surface area contributed by atoms with Crippen molar-refractivity contribution in [3.8, 4) is 5.75 Å². The SMILES string of the molecule is CCCCCCCOc1ccc(CC/C=C2\SC(=O)N(CC[NH3+])C2=O)cc1. The van der Waals surface area contributed by atoms with Crippen LogP contribution in [0.3, 0.4) is 0 Å². The Labute approximate surface area is 166 Å². The minimum Gasteiger partial charge on any atom is -0.494 e. The van der Waals surface area contributed by atoms with Crippen molar-refractivity contribution in [3.63, 3.8) is 0 Å². The lowest BCUT2D eigenvalue weighted by atomic mass is 10.1. The molecular formula is C21H31N2O3S+. The van der Waals surface area contributed by atoms with Gasteiger partial charge in [0.15, 0.2) is 0 Å². The second-order valence-electron chi connectivity index (χ2n) is 6.69. The largest absolute Gasteiger partial charge is 0.494 e. The molecule has 5 nitrogen and oxygen atoms in total. The Morgan fingerprint density at radius 3 is 2.56 bits per heavy atom. The lowest BCUT2D eigenvalue weighted by Gasteiger charge is -2.08. The molecule has 0 aliphatic carbocycles. The van der Waals surface area contributed by atoms with Gasteiger partial charge in [0.2, 0.25) is 0 Å². The van der Waals surface area contributed by atoms with Gasteiger partial charge < -0.3 is 10.5 Å². The average Bonchev–Trinajstić information content (AvgIpc) is 2.94. The molecule has 3 N–H and O–H groups in total. The van der Waals surface area contributed by atoms with E-state index in [2.05, 4.69) is 24.8 Å². The zero-order chi connectivity index (χ0) is 19.5. The molecule has 1 aromatic rings. The predicted molar refractivity (Wildman–Crippen MR) is 110 cm³/mol. The molecule has 0 unspecified atom stereocenters. The van der Waals surface area contributed by atoms with Gasteiger partial charge in [0.1, 0.15) is 5.75 Å². The number of hydrogen-bond acceptors (Lipinski definition) is 4. The van der Waals surface area contributed by atoms with Crippen molar-refractivity contribution in [2.24, 2.45) is 0 Å². The molecule has 1 saturated heterocycles. The third-order valence-electron chi connectivity index (χ3n) is 4.46. The van der Waals surface area contributed by atoms with Gasteiger partial charge in [0.25, 0.3) is 11.1 Å². The van der Waals surface area contributed by atoms with Crippen LogP contribution in [0.4, 0.5) is 4.79 Å². The van der Waals surface area contributed by atoms with Crippen molar-refractivity contribution < 1.29 is 20.1 Å². The lowest BCUT2D eigenvalue weighted by Crippen LogP contribution is -2.55. The van der Waals surface area contributed by atoms with Crippen molar-refractivity contribution in [1.82, 2.24) is 4.90 Å². The number of carbonyl (C=O) groups excluding carboxylic acids is 2. The molecule has 1 aromatic carbocycles. The van der Waals surface area contributed by atoms with E-state index >= 15 is 0 Å². The van der Waals surface area contributed by atoms with Crippen molar-refractivity contribution in [1.29, 1.82) is 0 Å². The molecule has 148 valence electrons. The predicted octanol–water partition coefficient (Wildman–Crippen LogP) is 3.79. The zero-order valence-electron chi connectivity index (χ0n) is 16.2. The van der Waals surface area contributed by atoms with E-state index in [4.69, 9.17) is 4.74 Å². The van der Waals surface area contributed by atoms with Crippen LogP contribution in [0.2, 0.25) is 0 Å². The van der Waals surface area contributed by atoms with E-state index in [1.165, 1.54) is 36.1 Å². The fourth-order valence-electron chi connectivity index (χ4n) is 2.91. The van der Waals surface area contributed by atoms with Crippen LogP contribution in [-0.4, -0.2) is 35.7 Å². The number of unbranched alkanes of at least 4 members (excludes halogenated alkanes) is 4. The number of amides is 2. The van der Waals surface area contributed by atoms with Gasteiger partial charge >= 0.3 is 0 Å². The van der Waals surface area contributed by atoms with Crippen LogP contribution >= 0.6 is 11.8 Å². The van der Waals surface area contributed by atoms with Crippen LogP contribution in [0, 0.1) is 0 Å². The summed E-state index contributed by atoms with van der Waals surface area (Å²) in [6.07, 6.45) is 9.61. The van der Waals surface area contributed by atoms with E-state index in [9.17, 15) is 9.59 Å². The number of benzene rings is 1. The number of quaternary nitrogens is 1. The van der Waals surface area contributed by atoms with Crippen molar-refractivity contribution >= 4 is 22.9 Å². The summed E-state index contributed by atoms with van der Waals surface area (Å²) in [6.45, 7) is 3.92. The summed E-state index contributed by atoms with van der Waals surface area (Å²) in [5.74, 6) is 0.722. The Kier molecular flexibility index (Phi) is 9.42. The van der Waals surface area contributed by atoms with Crippen LogP contribution in [0.25, 0.3) is 0 Å². The molecule has 0 aromatic heterocycles. The maximum atomic E-state index is 12.1. The van der Waals surface area contributed by atoms with Gasteiger partial charge in [-0.3, -0.25) is 14.5 Å². The van der Waals surface area contributed by atoms with Gasteiger partial charge in [0, 0.05) is 0 Å². The average molecular weight is 392 g/mol. The zero-order valence-corrected chi connectivity index (χ0v) is 17.1. The van der Waals surface area contributed by atoms with Gasteiger partial charge in [-0.05, 0) is 48.7 Å². The Morgan fingerprint density at radius 1 is 1.11 bits per heavy atom. The first-order valence-electron chi connectivity index (χ1n) is 9.90. The Hall–Kier alpha value is -1.79. The third kappa shape index (κ3) is 7.03. The monoisotopic (exact) mass is 391 g/mol. The maximum absolute atomic E-state index is 12.1. The second kappa shape index (κ2) is 11.8. The molecule has 0 saturated carbocycles. The molecule has 0 spiro atoms. The van der Waals surface area contributed by atoms with Gasteiger partial charge in [-0.2, -0.15) is 0 Å². The first-order valence-corrected chi connectivity index (χ1v) is 10.7. The highest BCUT2D eigenvalue weighted by Gasteiger charge is 2.34. The number of carbonyl (C=O) groups is 2. The summed E-state index contributed by atoms with van der Waals surface area (Å²) in [5, 5.41) is -0.189. The van der Waals surface area contributed by atoms with E-state index in [1.807, 2.05) is 18.2 Å². The number of rotatable bonds is 12. The molecule has 1 heterocycles. The third-order valence-corrected chi connectivity index (χ3v) is 5.41. The second-order valence-corrected chi connectivity index (χ2v) is 7.69. The summed E-state index contributed by atoms with van der Waals surface area (Å²) in [4.78, 5) is 25.8. The van der Waals surface area contributed by atoms with E-state index in [0.717, 1.165) is 43.4 Å². The normalized spacial score (nSPS) is 15.8. The first kappa shape index (κ1) is 21.5. The van der Waals surface area contributed by atoms with Gasteiger partial charge in [0.05, 0.1) is 24.6 Å². The number of nitrogens with zero attached hydrogens (tertiary/aromatic N) is 1. The highest BCUT2D eigenvalue weighted by atomic mass is 32.2. The molecule has 0 radical (unpaired) electrons. The summed E-state index contributed by atoms with van der Waals surface area (Å²) in [5.41, 5.74) is 4.90. The summed E-state index contributed by atoms with van der Waals surface area (Å²) < 4.78 is 5.78. The van der Waals surface area contributed by atoms with Crippen LogP contribution in [-0.2, 0) is 11.2 Å². The number of allylic oxidation sites excluding steroid dienone is 1. The highest BCUT2D eigenvalue weighted by molar-refractivity contribution is 8.18. The smallest absolute Gasteiger partial charge is 0.293 e. The molecule has 27 heavy (non-hydrogen) atoms. The maximum Gasteiger partial charge on any atom is 0.293 e. The molecule has 1 fully saturated rings. The highest BCUT2D eigenvalue weighted by Crippen LogP contribution is 2.30. The minimum absolute atomic E-state index is 0.184. The molecule has 0 atom stereocenters. The quantitative estimate of drug-likeness (QED) is 0.434. The topological polar surface area (TPSA) is 74.2 Å². The van der Waals surface area contributed by atoms with E-state index < -0.39 is 0 Å². The Bertz CT molecular complexity index is 643. The molecule has 2 amide bonds. The number of aryl methyl sites for hydroxylation is 1. The van der Waals surface area contributed by atoms with Gasteiger partial charge in [-0.25, -0.2) is 0 Å². The molecule has 2 rings (SSSR count). The summed E-state index contributed by atoms with van der Waals surface area (Å²) >= 11 is 1.03. The lowest BCUT2D eigenvalue weighted by molar-refractivity contribution is -0.367. The number of imide groups is 1. The fraction of sp³-hybridized carbons (Fsp3) is 0.524. The fourth-order valence-corrected chi connectivity index (χ4v) is 3.78. The van der Waals surface area contributed by atoms with Crippen LogP contribution in [0.15, 0.2) is 35.2 Å². The van der Waals surface area contributed by atoms with Crippen LogP contribution in [0.1, 0.15) is 51.0 Å². The molecule has 1 aliphatic heterocycles. The number of thioether (sulfide) groups is 1. The van der Waals surface area contributed by atoms with E-state index in [-0.39, 0.29) is 11.1 Å². The molecule has 6 heteroatoms. The van der Waals surface area contributed by atoms with Gasteiger partial charge in [-0.15, -0.1) is 0 Å². The van der Waals surface area contributed by atoms with Crippen molar-refractivity contribution in [2.75, 3.05) is 19.7 Å². The van der Waals surface area contributed by atoms with E-state index in [0.29, 0.717) is 18.0 Å². The van der Waals surface area contributed by atoms with Gasteiger partial charge in [-0.1, -0.05) is 50.8 Å². The first-order chi connectivity index (χ1) is 13.2. The summed E-state index contributed by atoms with van der Waals surface area (Å²) in [6, 6.07) is 8.14. The standard InChI is InChI=1S/C21H30N2O3S/c1-2-3-4-5-6-16-26-18-12-10-17(11-13-18)8-7-9-19-20(24)23(15-14-22)21(25)27-19/h9-13H,2-8,14-16,22H2,1H3/p+1/b19-9-. The van der Waals surface area contributed by atoms with Crippen LogP contribution in [0.5, 0.6) is 5.75 Å². The minimum atomic E-state index is -0.189. The molecular weight excluding hydrogens is 360 g/mol. The van der Waals surface area contributed by atoms with Crippen LogP contribution < -0.4 is 10.5 Å². The molecule has 1 aliphatic rings. The van der Waals surface area contributed by atoms with Crippen molar-refractivity contribution in [3.05, 3.63) is 40.8 Å². The number of ether oxygens (including phenoxy) is 1. The Morgan fingerprint density at radius 2 is 1.85 bits per heavy atom. The summed E-state index contributed by atoms with van der Waals surface area (Å²) in [7, 11) is 0. The van der Waals surface area contributed by atoms with Crippen molar-refractivity contribution in [2.45, 2.75) is 51.9 Å². The number of hydrogen-bond donors (Lipinski definition) is 1. The molecule has 0 bridgehead atoms.